The number of aryl methyl sites for hydroxylation is 1. The Hall–Kier alpha value is -1.49. The smallest absolute Gasteiger partial charge is 0.228 e. The van der Waals surface area contributed by atoms with Gasteiger partial charge in [-0.2, -0.15) is 4.39 Å². The number of nitrogens with two attached hydrogens (primary N) is 1. The number of anilines is 1. The van der Waals surface area contributed by atoms with Crippen LogP contribution in [0, 0.1) is 12.9 Å². The maximum Gasteiger partial charge on any atom is 0.228 e. The summed E-state index contributed by atoms with van der Waals surface area (Å²) in [6, 6.07) is 1.17. The van der Waals surface area contributed by atoms with Gasteiger partial charge in [-0.15, -0.1) is 0 Å². The van der Waals surface area contributed by atoms with Crippen LogP contribution in [0.5, 0.6) is 0 Å². The minimum absolute atomic E-state index is 0.0287. The molecule has 80 valence electrons. The second-order valence-electron chi connectivity index (χ2n) is 3.76. The fraction of sp³-hybridized carbons (Fsp3) is 0.400. The molecular formula is C10H12FN3O. The Morgan fingerprint density at radius 2 is 2.40 bits per heavy atom. The van der Waals surface area contributed by atoms with Crippen LogP contribution in [0.4, 0.5) is 10.1 Å². The molecule has 2 heterocycles. The Bertz CT molecular complexity index is 408. The van der Waals surface area contributed by atoms with Crippen molar-refractivity contribution in [3.63, 3.8) is 0 Å². The Morgan fingerprint density at radius 3 is 2.93 bits per heavy atom. The highest BCUT2D eigenvalue weighted by atomic mass is 19.1. The molecule has 0 aromatic carbocycles. The molecule has 1 aliphatic rings. The second-order valence-corrected chi connectivity index (χ2v) is 3.76. The van der Waals surface area contributed by atoms with Gasteiger partial charge in [-0.3, -0.25) is 4.79 Å². The molecule has 0 aliphatic carbocycles. The van der Waals surface area contributed by atoms with E-state index in [0.717, 1.165) is 0 Å². The molecule has 1 saturated heterocycles. The third-order valence-corrected chi connectivity index (χ3v) is 2.50. The average molecular weight is 209 g/mol. The molecule has 1 aromatic heterocycles. The van der Waals surface area contributed by atoms with Gasteiger partial charge in [-0.05, 0) is 18.6 Å². The topological polar surface area (TPSA) is 59.2 Å². The van der Waals surface area contributed by atoms with Crippen molar-refractivity contribution in [2.45, 2.75) is 19.4 Å². The van der Waals surface area contributed by atoms with Crippen LogP contribution in [0.3, 0.4) is 0 Å². The number of carbonyl (C=O) groups is 1. The predicted octanol–water partition coefficient (Wildman–Crippen LogP) is 0.593. The van der Waals surface area contributed by atoms with Crippen LogP contribution >= 0.6 is 0 Å². The van der Waals surface area contributed by atoms with E-state index in [9.17, 15) is 9.18 Å². The zero-order valence-electron chi connectivity index (χ0n) is 8.40. The Labute approximate surface area is 86.9 Å². The van der Waals surface area contributed by atoms with Gasteiger partial charge in [0.05, 0.1) is 11.9 Å². The summed E-state index contributed by atoms with van der Waals surface area (Å²) in [5, 5.41) is 0. The van der Waals surface area contributed by atoms with Crippen molar-refractivity contribution < 1.29 is 9.18 Å². The van der Waals surface area contributed by atoms with Crippen molar-refractivity contribution >= 4 is 11.6 Å². The molecule has 2 rings (SSSR count). The zero-order valence-corrected chi connectivity index (χ0v) is 8.40. The lowest BCUT2D eigenvalue weighted by molar-refractivity contribution is -0.117. The van der Waals surface area contributed by atoms with Crippen LogP contribution in [0.15, 0.2) is 12.3 Å². The van der Waals surface area contributed by atoms with Gasteiger partial charge in [-0.1, -0.05) is 0 Å². The fourth-order valence-electron chi connectivity index (χ4n) is 1.77. The number of halogens is 1. The fourth-order valence-corrected chi connectivity index (χ4v) is 1.77. The molecular weight excluding hydrogens is 197 g/mol. The van der Waals surface area contributed by atoms with E-state index in [1.165, 1.54) is 12.3 Å². The molecule has 0 bridgehead atoms. The summed E-state index contributed by atoms with van der Waals surface area (Å²) in [6.45, 7) is 2.23. The van der Waals surface area contributed by atoms with Crippen LogP contribution in [0.1, 0.15) is 12.0 Å². The first-order valence-corrected chi connectivity index (χ1v) is 4.76. The highest BCUT2D eigenvalue weighted by Gasteiger charge is 2.29. The molecule has 15 heavy (non-hydrogen) atoms. The van der Waals surface area contributed by atoms with E-state index < -0.39 is 5.95 Å². The lowest BCUT2D eigenvalue weighted by Gasteiger charge is -2.17. The Balaban J connectivity index is 2.34. The van der Waals surface area contributed by atoms with Gasteiger partial charge in [0, 0.05) is 19.0 Å². The molecule has 0 radical (unpaired) electrons. The number of aromatic nitrogens is 1. The number of hydrogen-bond acceptors (Lipinski definition) is 3. The number of carbonyl (C=O) groups excluding carboxylic acids is 1. The molecule has 0 saturated carbocycles. The lowest BCUT2D eigenvalue weighted by atomic mass is 10.2. The third-order valence-electron chi connectivity index (χ3n) is 2.50. The molecule has 4 nitrogen and oxygen atoms in total. The summed E-state index contributed by atoms with van der Waals surface area (Å²) in [4.78, 5) is 16.7. The quantitative estimate of drug-likeness (QED) is 0.689. The van der Waals surface area contributed by atoms with Gasteiger partial charge in [0.1, 0.15) is 0 Å². The Kier molecular flexibility index (Phi) is 2.40. The monoisotopic (exact) mass is 209 g/mol. The lowest BCUT2D eigenvalue weighted by Crippen LogP contribution is -2.28. The number of nitrogens with zero attached hydrogens (tertiary/aromatic N) is 2. The van der Waals surface area contributed by atoms with E-state index in [4.69, 9.17) is 5.73 Å². The predicted molar refractivity (Wildman–Crippen MR) is 53.9 cm³/mol. The van der Waals surface area contributed by atoms with Crippen molar-refractivity contribution in [3.05, 3.63) is 23.8 Å². The number of rotatable bonds is 1. The van der Waals surface area contributed by atoms with Gasteiger partial charge in [0.15, 0.2) is 0 Å². The number of pyridine rings is 1. The van der Waals surface area contributed by atoms with Crippen LogP contribution in [0.25, 0.3) is 0 Å². The van der Waals surface area contributed by atoms with Crippen LogP contribution < -0.4 is 10.6 Å². The summed E-state index contributed by atoms with van der Waals surface area (Å²) in [6.07, 6.45) is 1.72. The molecule has 2 N–H and O–H groups in total. The normalized spacial score (nSPS) is 21.1. The highest BCUT2D eigenvalue weighted by Crippen LogP contribution is 2.23. The zero-order chi connectivity index (χ0) is 11.0. The van der Waals surface area contributed by atoms with Gasteiger partial charge in [0.25, 0.3) is 0 Å². The first-order valence-electron chi connectivity index (χ1n) is 4.76. The molecule has 1 aromatic rings. The van der Waals surface area contributed by atoms with E-state index in [0.29, 0.717) is 24.2 Å². The molecule has 1 unspecified atom stereocenters. The molecule has 1 fully saturated rings. The van der Waals surface area contributed by atoms with E-state index in [1.54, 1.807) is 11.8 Å². The number of hydrogen-bond donors (Lipinski definition) is 1. The highest BCUT2D eigenvalue weighted by molar-refractivity contribution is 5.96. The minimum Gasteiger partial charge on any atom is -0.326 e. The van der Waals surface area contributed by atoms with Crippen LogP contribution in [-0.2, 0) is 4.79 Å². The summed E-state index contributed by atoms with van der Waals surface area (Å²) in [7, 11) is 0. The maximum atomic E-state index is 12.8. The summed E-state index contributed by atoms with van der Waals surface area (Å²) >= 11 is 0. The molecule has 1 aliphatic heterocycles. The second kappa shape index (κ2) is 3.58. The van der Waals surface area contributed by atoms with Crippen molar-refractivity contribution in [1.29, 1.82) is 0 Å². The largest absolute Gasteiger partial charge is 0.326 e. The molecule has 0 spiro atoms. The molecule has 1 amide bonds. The molecule has 1 atom stereocenters. The van der Waals surface area contributed by atoms with Crippen LogP contribution in [0.2, 0.25) is 0 Å². The molecule has 5 heteroatoms. The van der Waals surface area contributed by atoms with Gasteiger partial charge in [0.2, 0.25) is 11.9 Å². The van der Waals surface area contributed by atoms with E-state index >= 15 is 0 Å². The maximum absolute atomic E-state index is 12.8. The standard InChI is InChI=1S/C10H12FN3O/c1-6-2-9(11)13-4-8(6)14-5-7(12)3-10(14)15/h2,4,7H,3,5,12H2,1H3. The van der Waals surface area contributed by atoms with E-state index in [2.05, 4.69) is 4.98 Å². The average Bonchev–Trinajstić information content (AvgIpc) is 2.45. The SMILES string of the molecule is Cc1cc(F)ncc1N1CC(N)CC1=O. The Morgan fingerprint density at radius 1 is 1.67 bits per heavy atom. The van der Waals surface area contributed by atoms with Gasteiger partial charge < -0.3 is 10.6 Å². The third kappa shape index (κ3) is 1.83. The number of amides is 1. The van der Waals surface area contributed by atoms with Crippen molar-refractivity contribution in [1.82, 2.24) is 4.98 Å². The van der Waals surface area contributed by atoms with Crippen molar-refractivity contribution in [2.75, 3.05) is 11.4 Å². The summed E-state index contributed by atoms with van der Waals surface area (Å²) < 4.78 is 12.8. The van der Waals surface area contributed by atoms with E-state index in [-0.39, 0.29) is 11.9 Å². The van der Waals surface area contributed by atoms with Crippen molar-refractivity contribution in [3.8, 4) is 0 Å². The van der Waals surface area contributed by atoms with Crippen LogP contribution in [-0.4, -0.2) is 23.5 Å². The first-order chi connectivity index (χ1) is 7.08. The van der Waals surface area contributed by atoms with Gasteiger partial charge in [-0.25, -0.2) is 4.98 Å². The summed E-state index contributed by atoms with van der Waals surface area (Å²) in [5.41, 5.74) is 7.02. The van der Waals surface area contributed by atoms with Gasteiger partial charge >= 0.3 is 0 Å². The first kappa shape index (κ1) is 10.0. The van der Waals surface area contributed by atoms with E-state index in [1.807, 2.05) is 0 Å². The van der Waals surface area contributed by atoms with Crippen molar-refractivity contribution in [2.24, 2.45) is 5.73 Å². The minimum atomic E-state index is -0.535. The summed E-state index contributed by atoms with van der Waals surface area (Å²) in [5.74, 6) is -0.564.